The van der Waals surface area contributed by atoms with Crippen LogP contribution in [0.2, 0.25) is 0 Å². The van der Waals surface area contributed by atoms with Gasteiger partial charge in [0.15, 0.2) is 0 Å². The number of carboxylic acids is 1. The summed E-state index contributed by atoms with van der Waals surface area (Å²) >= 11 is 0. The van der Waals surface area contributed by atoms with Crippen LogP contribution in [0.15, 0.2) is 60.2 Å². The van der Waals surface area contributed by atoms with Gasteiger partial charge < -0.3 is 25.5 Å². The van der Waals surface area contributed by atoms with Crippen molar-refractivity contribution in [2.45, 2.75) is 49.9 Å². The summed E-state index contributed by atoms with van der Waals surface area (Å²) in [5, 5.41) is 16.8. The molecule has 2 aromatic carbocycles. The molecule has 0 fully saturated rings. The van der Waals surface area contributed by atoms with Gasteiger partial charge in [-0.2, -0.15) is 0 Å². The molecular weight excluding hydrogens is 580 g/mol. The van der Waals surface area contributed by atoms with E-state index in [1.807, 2.05) is 45.3 Å². The molecule has 2 aliphatic rings. The van der Waals surface area contributed by atoms with Crippen LogP contribution < -0.4 is 10.5 Å². The Bertz CT molecular complexity index is 1510. The summed E-state index contributed by atoms with van der Waals surface area (Å²) in [6, 6.07) is 11.9. The molecule has 44 heavy (non-hydrogen) atoms. The molecule has 0 spiro atoms. The summed E-state index contributed by atoms with van der Waals surface area (Å²) in [6.07, 6.45) is 3.52. The molecular formula is C32H44N6O5S. The van der Waals surface area contributed by atoms with Crippen molar-refractivity contribution in [1.82, 2.24) is 19.4 Å². The molecule has 2 heterocycles. The lowest BCUT2D eigenvalue weighted by molar-refractivity contribution is -0.150. The van der Waals surface area contributed by atoms with Crippen molar-refractivity contribution < 1.29 is 23.1 Å². The van der Waals surface area contributed by atoms with Crippen LogP contribution in [-0.2, 0) is 32.5 Å². The van der Waals surface area contributed by atoms with E-state index in [4.69, 9.17) is 11.1 Å². The first-order valence-electron chi connectivity index (χ1n) is 14.9. The summed E-state index contributed by atoms with van der Waals surface area (Å²) in [5.74, 6) is -1.90. The van der Waals surface area contributed by atoms with E-state index in [9.17, 15) is 23.1 Å². The van der Waals surface area contributed by atoms with Crippen molar-refractivity contribution in [3.8, 4) is 0 Å². The molecule has 0 aliphatic carbocycles. The first-order chi connectivity index (χ1) is 20.9. The zero-order chi connectivity index (χ0) is 32.0. The van der Waals surface area contributed by atoms with Gasteiger partial charge in [0.1, 0.15) is 23.2 Å². The van der Waals surface area contributed by atoms with Gasteiger partial charge in [-0.1, -0.05) is 54.1 Å². The third-order valence-electron chi connectivity index (χ3n) is 8.36. The summed E-state index contributed by atoms with van der Waals surface area (Å²) in [5.41, 5.74) is 9.26. The van der Waals surface area contributed by atoms with Gasteiger partial charge in [-0.05, 0) is 82.5 Å². The van der Waals surface area contributed by atoms with Crippen LogP contribution in [0.3, 0.4) is 0 Å². The first kappa shape index (κ1) is 33.3. The molecule has 0 saturated heterocycles. The maximum absolute atomic E-state index is 14.4. The van der Waals surface area contributed by atoms with Gasteiger partial charge in [0.05, 0.1) is 0 Å². The Balaban J connectivity index is 1.69. The highest BCUT2D eigenvalue weighted by atomic mass is 32.2. The van der Waals surface area contributed by atoms with Crippen molar-refractivity contribution in [3.63, 3.8) is 0 Å². The standard InChI is InChI=1S/C32H44N6O5S/c1-22-12-17-38(28(18-22)32(40)41)31(39)27(20-23-8-6-10-25(19-23)30(33)34)35-44(42,43)29-21-37(15-7-14-36(2)3)16-13-24-9-4-5-11-26(24)29/h4-6,8-12,19,27-29,35H,7,13-18,20-21H2,1-3H3,(H3,33,34)(H,40,41)/t27-,28?,29?/m0/s1. The summed E-state index contributed by atoms with van der Waals surface area (Å²) in [7, 11) is -0.138. The van der Waals surface area contributed by atoms with Gasteiger partial charge in [-0.3, -0.25) is 10.2 Å². The van der Waals surface area contributed by atoms with E-state index in [1.165, 1.54) is 4.90 Å². The van der Waals surface area contributed by atoms with Crippen LogP contribution in [-0.4, -0.2) is 105 Å². The Morgan fingerprint density at radius 3 is 2.64 bits per heavy atom. The number of nitrogens with one attached hydrogen (secondary N) is 2. The molecule has 2 aliphatic heterocycles. The Kier molecular flexibility index (Phi) is 11.0. The molecule has 0 aromatic heterocycles. The fourth-order valence-corrected chi connectivity index (χ4v) is 7.68. The third-order valence-corrected chi connectivity index (χ3v) is 10.1. The minimum absolute atomic E-state index is 0.0361. The van der Waals surface area contributed by atoms with Gasteiger partial charge in [0.2, 0.25) is 15.9 Å². The van der Waals surface area contributed by atoms with E-state index in [0.717, 1.165) is 37.2 Å². The van der Waals surface area contributed by atoms with Gasteiger partial charge in [0.25, 0.3) is 0 Å². The number of fused-ring (bicyclic) bond motifs is 1. The predicted octanol–water partition coefficient (Wildman–Crippen LogP) is 1.98. The number of carbonyl (C=O) groups is 2. The molecule has 12 heteroatoms. The molecule has 5 N–H and O–H groups in total. The zero-order valence-electron chi connectivity index (χ0n) is 25.7. The molecule has 4 rings (SSSR count). The Labute approximate surface area is 260 Å². The number of benzene rings is 2. The number of hydrogen-bond acceptors (Lipinski definition) is 7. The van der Waals surface area contributed by atoms with Crippen LogP contribution in [0.4, 0.5) is 0 Å². The maximum Gasteiger partial charge on any atom is 0.326 e. The minimum atomic E-state index is -4.15. The lowest BCUT2D eigenvalue weighted by Crippen LogP contribution is -2.56. The van der Waals surface area contributed by atoms with Crippen LogP contribution in [0, 0.1) is 5.41 Å². The SMILES string of the molecule is CC1=CCN(C(=O)[C@H](Cc2cccc(C(=N)N)c2)NS(=O)(=O)C2CN(CCCN(C)C)CCc3ccccc32)C(C(=O)O)C1. The fourth-order valence-electron chi connectivity index (χ4n) is 5.96. The van der Waals surface area contributed by atoms with Crippen molar-refractivity contribution >= 4 is 27.7 Å². The summed E-state index contributed by atoms with van der Waals surface area (Å²) < 4.78 is 31.5. The molecule has 2 unspecified atom stereocenters. The molecule has 0 bridgehead atoms. The highest BCUT2D eigenvalue weighted by Gasteiger charge is 2.40. The van der Waals surface area contributed by atoms with Gasteiger partial charge in [0, 0.05) is 25.2 Å². The molecule has 3 atom stereocenters. The van der Waals surface area contributed by atoms with E-state index in [1.54, 1.807) is 30.3 Å². The van der Waals surface area contributed by atoms with Crippen LogP contribution >= 0.6 is 0 Å². The van der Waals surface area contributed by atoms with E-state index >= 15 is 0 Å². The van der Waals surface area contributed by atoms with Crippen LogP contribution in [0.5, 0.6) is 0 Å². The number of carboxylic acid groups (broad SMARTS) is 1. The first-order valence-corrected chi connectivity index (χ1v) is 16.5. The number of aliphatic carboxylic acids is 1. The maximum atomic E-state index is 14.4. The zero-order valence-corrected chi connectivity index (χ0v) is 26.5. The molecule has 238 valence electrons. The highest BCUT2D eigenvalue weighted by molar-refractivity contribution is 7.89. The number of nitrogens with zero attached hydrogens (tertiary/aromatic N) is 3. The van der Waals surface area contributed by atoms with E-state index in [2.05, 4.69) is 14.5 Å². The van der Waals surface area contributed by atoms with E-state index in [0.29, 0.717) is 23.1 Å². The van der Waals surface area contributed by atoms with E-state index in [-0.39, 0.29) is 31.8 Å². The number of amidine groups is 1. The number of carbonyl (C=O) groups excluding carboxylic acids is 1. The number of amides is 1. The Morgan fingerprint density at radius 2 is 1.93 bits per heavy atom. The highest BCUT2D eigenvalue weighted by Crippen LogP contribution is 2.31. The Morgan fingerprint density at radius 1 is 1.18 bits per heavy atom. The monoisotopic (exact) mass is 624 g/mol. The van der Waals surface area contributed by atoms with Crippen LogP contribution in [0.25, 0.3) is 0 Å². The number of sulfonamides is 1. The van der Waals surface area contributed by atoms with Crippen molar-refractivity contribution in [1.29, 1.82) is 5.41 Å². The third kappa shape index (κ3) is 8.32. The van der Waals surface area contributed by atoms with E-state index < -0.39 is 39.2 Å². The quantitative estimate of drug-likeness (QED) is 0.159. The summed E-state index contributed by atoms with van der Waals surface area (Å²) in [4.78, 5) is 31.8. The average Bonchev–Trinajstić information content (AvgIpc) is 3.16. The normalized spacial score (nSPS) is 20.0. The number of nitrogen functional groups attached to an aromatic ring is 1. The van der Waals surface area contributed by atoms with Gasteiger partial charge in [-0.15, -0.1) is 0 Å². The molecule has 0 radical (unpaired) electrons. The van der Waals surface area contributed by atoms with Crippen LogP contribution in [0.1, 0.15) is 47.3 Å². The topological polar surface area (TPSA) is 160 Å². The number of hydrogen-bond donors (Lipinski definition) is 4. The van der Waals surface area contributed by atoms with Crippen molar-refractivity contribution in [3.05, 3.63) is 82.4 Å². The average molecular weight is 625 g/mol. The smallest absolute Gasteiger partial charge is 0.326 e. The summed E-state index contributed by atoms with van der Waals surface area (Å²) in [6.45, 7) is 4.49. The minimum Gasteiger partial charge on any atom is -0.480 e. The fraction of sp³-hybridized carbons (Fsp3) is 0.469. The van der Waals surface area contributed by atoms with Gasteiger partial charge in [-0.25, -0.2) is 17.9 Å². The number of rotatable bonds is 12. The molecule has 11 nitrogen and oxygen atoms in total. The van der Waals surface area contributed by atoms with Crippen molar-refractivity contribution in [2.75, 3.05) is 46.8 Å². The molecule has 2 aromatic rings. The largest absolute Gasteiger partial charge is 0.480 e. The van der Waals surface area contributed by atoms with Crippen molar-refractivity contribution in [2.24, 2.45) is 5.73 Å². The number of nitrogens with two attached hydrogens (primary N) is 1. The Hall–Kier alpha value is -3.58. The second-order valence-electron chi connectivity index (χ2n) is 12.0. The lowest BCUT2D eigenvalue weighted by atomic mass is 9.98. The molecule has 0 saturated carbocycles. The molecule has 1 amide bonds. The predicted molar refractivity (Wildman–Crippen MR) is 171 cm³/mol. The lowest BCUT2D eigenvalue weighted by Gasteiger charge is -2.35. The second kappa shape index (κ2) is 14.5. The second-order valence-corrected chi connectivity index (χ2v) is 13.9. The van der Waals surface area contributed by atoms with Gasteiger partial charge >= 0.3 is 5.97 Å².